The molecule has 0 fully saturated rings. The molecule has 3 aromatic rings. The molecule has 2 N–H and O–H groups in total. The van der Waals surface area contributed by atoms with Gasteiger partial charge in [0, 0.05) is 29.6 Å². The van der Waals surface area contributed by atoms with Crippen LogP contribution >= 0.6 is 0 Å². The predicted molar refractivity (Wildman–Crippen MR) is 119 cm³/mol. The van der Waals surface area contributed by atoms with Gasteiger partial charge in [-0.05, 0) is 36.4 Å². The van der Waals surface area contributed by atoms with Crippen molar-refractivity contribution in [2.75, 3.05) is 36.9 Å². The van der Waals surface area contributed by atoms with E-state index in [2.05, 4.69) is 10.6 Å². The molecule has 0 spiro atoms. The molecule has 8 nitrogen and oxygen atoms in total. The minimum absolute atomic E-state index is 0.333. The van der Waals surface area contributed by atoms with E-state index in [-0.39, 0.29) is 0 Å². The number of imide groups is 1. The van der Waals surface area contributed by atoms with E-state index in [9.17, 15) is 9.59 Å². The number of amides is 4. The van der Waals surface area contributed by atoms with Crippen LogP contribution in [0.2, 0.25) is 0 Å². The highest BCUT2D eigenvalue weighted by atomic mass is 16.5. The quantitative estimate of drug-likeness (QED) is 0.586. The van der Waals surface area contributed by atoms with Gasteiger partial charge in [0.25, 0.3) is 0 Å². The summed E-state index contributed by atoms with van der Waals surface area (Å²) in [5.41, 5.74) is 1.29. The first-order valence-electron chi connectivity index (χ1n) is 9.38. The van der Waals surface area contributed by atoms with Crippen molar-refractivity contribution in [3.8, 4) is 17.2 Å². The Kier molecular flexibility index (Phi) is 6.95. The average Bonchev–Trinajstić information content (AvgIpc) is 2.79. The van der Waals surface area contributed by atoms with Crippen molar-refractivity contribution >= 4 is 29.1 Å². The molecule has 0 atom stereocenters. The Labute approximate surface area is 180 Å². The Morgan fingerprint density at radius 1 is 0.645 bits per heavy atom. The van der Waals surface area contributed by atoms with Gasteiger partial charge in [0.05, 0.1) is 27.0 Å². The Bertz CT molecular complexity index is 1010. The Morgan fingerprint density at radius 2 is 1.06 bits per heavy atom. The van der Waals surface area contributed by atoms with Crippen molar-refractivity contribution in [1.82, 2.24) is 0 Å². The average molecular weight is 421 g/mol. The van der Waals surface area contributed by atoms with Gasteiger partial charge in [-0.3, -0.25) is 0 Å². The smallest absolute Gasteiger partial charge is 0.334 e. The fourth-order valence-electron chi connectivity index (χ4n) is 2.84. The van der Waals surface area contributed by atoms with E-state index < -0.39 is 12.1 Å². The minimum Gasteiger partial charge on any atom is -0.497 e. The highest BCUT2D eigenvalue weighted by molar-refractivity contribution is 6.21. The molecule has 3 aromatic carbocycles. The Balaban J connectivity index is 1.91. The highest BCUT2D eigenvalue weighted by Gasteiger charge is 2.25. The first-order chi connectivity index (χ1) is 15.0. The second kappa shape index (κ2) is 10.0. The topological polar surface area (TPSA) is 89.1 Å². The molecule has 0 saturated carbocycles. The number of methoxy groups -OCH3 is 3. The van der Waals surface area contributed by atoms with Crippen LogP contribution in [0.3, 0.4) is 0 Å². The molecule has 3 rings (SSSR count). The van der Waals surface area contributed by atoms with Crippen molar-refractivity contribution < 1.29 is 23.8 Å². The van der Waals surface area contributed by atoms with Crippen LogP contribution in [0.4, 0.5) is 26.7 Å². The van der Waals surface area contributed by atoms with Gasteiger partial charge >= 0.3 is 12.1 Å². The normalized spacial score (nSPS) is 10.0. The van der Waals surface area contributed by atoms with Crippen LogP contribution in [0.15, 0.2) is 72.8 Å². The first-order valence-corrected chi connectivity index (χ1v) is 9.38. The zero-order valence-electron chi connectivity index (χ0n) is 17.4. The van der Waals surface area contributed by atoms with Crippen LogP contribution in [0.1, 0.15) is 0 Å². The number of ether oxygens (including phenoxy) is 3. The first kappa shape index (κ1) is 21.5. The summed E-state index contributed by atoms with van der Waals surface area (Å²) in [5, 5.41) is 5.45. The summed E-state index contributed by atoms with van der Waals surface area (Å²) in [5.74, 6) is 1.66. The number of benzene rings is 3. The van der Waals surface area contributed by atoms with Crippen molar-refractivity contribution in [2.45, 2.75) is 0 Å². The number of hydrogen-bond donors (Lipinski definition) is 2. The Hall–Kier alpha value is -4.20. The lowest BCUT2D eigenvalue weighted by Gasteiger charge is -2.22. The SMILES string of the molecule is COc1cccc(NC(=O)N(C(=O)Nc2cccc(OC)c2)c2cccc(OC)c2)c1. The second-order valence-electron chi connectivity index (χ2n) is 6.36. The molecule has 160 valence electrons. The summed E-state index contributed by atoms with van der Waals surface area (Å²) in [7, 11) is 4.58. The summed E-state index contributed by atoms with van der Waals surface area (Å²) in [6, 6.07) is 19.0. The van der Waals surface area contributed by atoms with E-state index >= 15 is 0 Å². The molecule has 0 radical (unpaired) electrons. The van der Waals surface area contributed by atoms with Gasteiger partial charge in [0.2, 0.25) is 0 Å². The molecule has 31 heavy (non-hydrogen) atoms. The van der Waals surface area contributed by atoms with Gasteiger partial charge in [0.15, 0.2) is 0 Å². The van der Waals surface area contributed by atoms with Gasteiger partial charge in [-0.2, -0.15) is 0 Å². The molecule has 0 bridgehead atoms. The second-order valence-corrected chi connectivity index (χ2v) is 6.36. The molecule has 0 saturated heterocycles. The van der Waals surface area contributed by atoms with Crippen LogP contribution in [-0.4, -0.2) is 33.4 Å². The lowest BCUT2D eigenvalue weighted by atomic mass is 10.2. The van der Waals surface area contributed by atoms with Gasteiger partial charge < -0.3 is 24.8 Å². The van der Waals surface area contributed by atoms with Gasteiger partial charge in [-0.15, -0.1) is 0 Å². The summed E-state index contributed by atoms with van der Waals surface area (Å²) in [6.07, 6.45) is 0. The molecule has 8 heteroatoms. The lowest BCUT2D eigenvalue weighted by Crippen LogP contribution is -2.42. The molecule has 0 aliphatic rings. The van der Waals surface area contributed by atoms with E-state index in [0.717, 1.165) is 4.90 Å². The summed E-state index contributed by atoms with van der Waals surface area (Å²) in [6.45, 7) is 0. The standard InChI is InChI=1S/C23H23N3O5/c1-29-19-10-4-7-16(13-19)24-22(27)26(18-9-6-12-21(15-18)31-3)23(28)25-17-8-5-11-20(14-17)30-2/h4-15H,1-3H3,(H,24,27)(H,25,28). The molecule has 0 aliphatic heterocycles. The molecule has 0 unspecified atom stereocenters. The maximum absolute atomic E-state index is 13.1. The number of carbonyl (C=O) groups is 2. The molecule has 0 heterocycles. The number of urea groups is 2. The lowest BCUT2D eigenvalue weighted by molar-refractivity contribution is 0.246. The van der Waals surface area contributed by atoms with Gasteiger partial charge in [0.1, 0.15) is 17.2 Å². The van der Waals surface area contributed by atoms with E-state index in [1.54, 1.807) is 72.8 Å². The third-order valence-corrected chi connectivity index (χ3v) is 4.36. The fraction of sp³-hybridized carbons (Fsp3) is 0.130. The number of carbonyl (C=O) groups excluding carboxylic acids is 2. The third-order valence-electron chi connectivity index (χ3n) is 4.36. The van der Waals surface area contributed by atoms with E-state index in [0.29, 0.717) is 34.3 Å². The van der Waals surface area contributed by atoms with Crippen LogP contribution in [0.25, 0.3) is 0 Å². The largest absolute Gasteiger partial charge is 0.497 e. The number of nitrogens with zero attached hydrogens (tertiary/aromatic N) is 1. The summed E-state index contributed by atoms with van der Waals surface area (Å²) < 4.78 is 15.6. The summed E-state index contributed by atoms with van der Waals surface area (Å²) in [4.78, 5) is 27.2. The molecule has 0 aliphatic carbocycles. The van der Waals surface area contributed by atoms with Crippen molar-refractivity contribution in [2.24, 2.45) is 0 Å². The molecular formula is C23H23N3O5. The number of nitrogens with one attached hydrogen (secondary N) is 2. The van der Waals surface area contributed by atoms with Crippen LogP contribution in [0.5, 0.6) is 17.2 Å². The van der Waals surface area contributed by atoms with Crippen molar-refractivity contribution in [3.05, 3.63) is 72.8 Å². The number of hydrogen-bond acceptors (Lipinski definition) is 5. The predicted octanol–water partition coefficient (Wildman–Crippen LogP) is 4.98. The zero-order valence-corrected chi connectivity index (χ0v) is 17.4. The molecule has 0 aromatic heterocycles. The summed E-state index contributed by atoms with van der Waals surface area (Å²) >= 11 is 0. The van der Waals surface area contributed by atoms with E-state index in [1.165, 1.54) is 21.3 Å². The zero-order chi connectivity index (χ0) is 22.2. The van der Waals surface area contributed by atoms with Crippen LogP contribution in [0, 0.1) is 0 Å². The van der Waals surface area contributed by atoms with E-state index in [1.807, 2.05) is 0 Å². The van der Waals surface area contributed by atoms with Crippen LogP contribution < -0.4 is 29.7 Å². The van der Waals surface area contributed by atoms with Gasteiger partial charge in [-0.25, -0.2) is 14.5 Å². The monoisotopic (exact) mass is 421 g/mol. The number of anilines is 3. The number of rotatable bonds is 6. The molecular weight excluding hydrogens is 398 g/mol. The fourth-order valence-corrected chi connectivity index (χ4v) is 2.84. The minimum atomic E-state index is -0.651. The third kappa shape index (κ3) is 5.45. The molecule has 4 amide bonds. The van der Waals surface area contributed by atoms with E-state index in [4.69, 9.17) is 14.2 Å². The highest BCUT2D eigenvalue weighted by Crippen LogP contribution is 2.25. The maximum atomic E-state index is 13.1. The van der Waals surface area contributed by atoms with Crippen molar-refractivity contribution in [1.29, 1.82) is 0 Å². The van der Waals surface area contributed by atoms with Crippen LogP contribution in [-0.2, 0) is 0 Å². The van der Waals surface area contributed by atoms with Crippen molar-refractivity contribution in [3.63, 3.8) is 0 Å². The van der Waals surface area contributed by atoms with Gasteiger partial charge in [-0.1, -0.05) is 18.2 Å². The Morgan fingerprint density at radius 3 is 1.52 bits per heavy atom. The maximum Gasteiger partial charge on any atom is 0.334 e.